The molecule has 104 valence electrons. The highest BCUT2D eigenvalue weighted by molar-refractivity contribution is 8.00. The third-order valence-electron chi connectivity index (χ3n) is 2.95. The van der Waals surface area contributed by atoms with E-state index in [0.717, 1.165) is 16.0 Å². The minimum Gasteiger partial charge on any atom is -0.398 e. The zero-order chi connectivity index (χ0) is 14.7. The van der Waals surface area contributed by atoms with E-state index in [1.165, 1.54) is 0 Å². The number of hydrogen-bond donors (Lipinski definition) is 1. The molecule has 0 atom stereocenters. The quantitative estimate of drug-likeness (QED) is 0.517. The van der Waals surface area contributed by atoms with Gasteiger partial charge in [0, 0.05) is 27.0 Å². The van der Waals surface area contributed by atoms with Gasteiger partial charge in [0.05, 0.1) is 0 Å². The Labute approximate surface area is 124 Å². The number of anilines is 1. The first kappa shape index (κ1) is 14.7. The van der Waals surface area contributed by atoms with Gasteiger partial charge >= 0.3 is 0 Å². The molecule has 0 unspecified atom stereocenters. The van der Waals surface area contributed by atoms with Gasteiger partial charge in [-0.05, 0) is 31.2 Å². The summed E-state index contributed by atoms with van der Waals surface area (Å²) in [4.78, 5) is 13.7. The average Bonchev–Trinajstić information content (AvgIpc) is 2.40. The van der Waals surface area contributed by atoms with Crippen LogP contribution in [-0.2, 0) is 0 Å². The highest BCUT2D eigenvalue weighted by Crippen LogP contribution is 2.30. The van der Waals surface area contributed by atoms with Crippen molar-refractivity contribution in [3.63, 3.8) is 0 Å². The number of ketones is 1. The Morgan fingerprint density at radius 2 is 1.80 bits per heavy atom. The maximum atomic E-state index is 12.7. The number of benzene rings is 2. The second kappa shape index (κ2) is 6.14. The zero-order valence-corrected chi connectivity index (χ0v) is 12.8. The molecule has 0 bridgehead atoms. The molecule has 2 aromatic carbocycles. The van der Waals surface area contributed by atoms with Gasteiger partial charge in [0.15, 0.2) is 5.78 Å². The molecule has 2 nitrogen and oxygen atoms in total. The van der Waals surface area contributed by atoms with E-state index in [2.05, 4.69) is 13.8 Å². The lowest BCUT2D eigenvalue weighted by Crippen LogP contribution is -2.07. The summed E-state index contributed by atoms with van der Waals surface area (Å²) in [6, 6.07) is 13.2. The first-order valence-corrected chi connectivity index (χ1v) is 7.53. The normalized spacial score (nSPS) is 10.8. The van der Waals surface area contributed by atoms with Crippen LogP contribution in [0.15, 0.2) is 47.4 Å². The minimum atomic E-state index is -0.00468. The van der Waals surface area contributed by atoms with E-state index in [4.69, 9.17) is 5.73 Å². The molecule has 3 heteroatoms. The third kappa shape index (κ3) is 3.23. The van der Waals surface area contributed by atoms with Crippen molar-refractivity contribution >= 4 is 23.2 Å². The zero-order valence-electron chi connectivity index (χ0n) is 12.0. The van der Waals surface area contributed by atoms with E-state index >= 15 is 0 Å². The van der Waals surface area contributed by atoms with Crippen LogP contribution in [0.4, 0.5) is 5.69 Å². The Morgan fingerprint density at radius 3 is 2.45 bits per heavy atom. The highest BCUT2D eigenvalue weighted by atomic mass is 32.2. The summed E-state index contributed by atoms with van der Waals surface area (Å²) >= 11 is 1.70. The van der Waals surface area contributed by atoms with E-state index in [1.54, 1.807) is 23.9 Å². The summed E-state index contributed by atoms with van der Waals surface area (Å²) in [6.07, 6.45) is 0. The molecule has 0 aromatic heterocycles. The molecule has 0 radical (unpaired) electrons. The number of carbonyl (C=O) groups is 1. The Balaban J connectivity index is 2.48. The number of carbonyl (C=O) groups excluding carboxylic acids is 1. The molecule has 0 amide bonds. The SMILES string of the molecule is Cc1ccc(SC(C)C)c(C(=O)c2ccccc2N)c1. The number of thioether (sulfide) groups is 1. The van der Waals surface area contributed by atoms with Crippen molar-refractivity contribution in [2.24, 2.45) is 0 Å². The number of rotatable bonds is 4. The second-order valence-corrected chi connectivity index (χ2v) is 6.70. The van der Waals surface area contributed by atoms with E-state index in [-0.39, 0.29) is 5.78 Å². The third-order valence-corrected chi connectivity index (χ3v) is 4.03. The fourth-order valence-electron chi connectivity index (χ4n) is 2.03. The van der Waals surface area contributed by atoms with Gasteiger partial charge < -0.3 is 5.73 Å². The van der Waals surface area contributed by atoms with Crippen LogP contribution >= 0.6 is 11.8 Å². The number of aryl methyl sites for hydroxylation is 1. The molecule has 0 spiro atoms. The lowest BCUT2D eigenvalue weighted by molar-refractivity contribution is 0.103. The van der Waals surface area contributed by atoms with Crippen molar-refractivity contribution in [3.8, 4) is 0 Å². The Hall–Kier alpha value is -1.74. The van der Waals surface area contributed by atoms with Gasteiger partial charge in [0.2, 0.25) is 0 Å². The van der Waals surface area contributed by atoms with Crippen LogP contribution in [-0.4, -0.2) is 11.0 Å². The predicted octanol–water partition coefficient (Wildman–Crippen LogP) is 4.31. The number of nitrogens with two attached hydrogens (primary N) is 1. The van der Waals surface area contributed by atoms with Crippen LogP contribution < -0.4 is 5.73 Å². The average molecular weight is 285 g/mol. The summed E-state index contributed by atoms with van der Waals surface area (Å²) in [6.45, 7) is 6.24. The van der Waals surface area contributed by atoms with Crippen molar-refractivity contribution < 1.29 is 4.79 Å². The van der Waals surface area contributed by atoms with Crippen molar-refractivity contribution in [3.05, 3.63) is 59.2 Å². The van der Waals surface area contributed by atoms with Crippen molar-refractivity contribution in [1.29, 1.82) is 0 Å². The highest BCUT2D eigenvalue weighted by Gasteiger charge is 2.17. The molecule has 0 aliphatic rings. The van der Waals surface area contributed by atoms with Crippen molar-refractivity contribution in [1.82, 2.24) is 0 Å². The molecule has 0 aliphatic heterocycles. The Kier molecular flexibility index (Phi) is 4.50. The van der Waals surface area contributed by atoms with Gasteiger partial charge in [0.1, 0.15) is 0 Å². The molecular weight excluding hydrogens is 266 g/mol. The molecule has 0 fully saturated rings. The van der Waals surface area contributed by atoms with E-state index < -0.39 is 0 Å². The molecule has 0 aliphatic carbocycles. The van der Waals surface area contributed by atoms with Crippen molar-refractivity contribution in [2.45, 2.75) is 30.9 Å². The van der Waals surface area contributed by atoms with Gasteiger partial charge in [-0.1, -0.05) is 37.6 Å². The molecule has 2 N–H and O–H groups in total. The summed E-state index contributed by atoms with van der Waals surface area (Å²) in [7, 11) is 0. The summed E-state index contributed by atoms with van der Waals surface area (Å²) in [5.74, 6) is -0.00468. The lowest BCUT2D eigenvalue weighted by Gasteiger charge is -2.12. The van der Waals surface area contributed by atoms with Gasteiger partial charge in [0.25, 0.3) is 0 Å². The smallest absolute Gasteiger partial charge is 0.196 e. The van der Waals surface area contributed by atoms with E-state index in [9.17, 15) is 4.79 Å². The van der Waals surface area contributed by atoms with E-state index in [0.29, 0.717) is 16.5 Å². The van der Waals surface area contributed by atoms with Crippen LogP contribution in [0, 0.1) is 6.92 Å². The molecule has 2 rings (SSSR count). The first-order valence-electron chi connectivity index (χ1n) is 6.65. The standard InChI is InChI=1S/C17H19NOS/c1-11(2)20-16-9-8-12(3)10-14(16)17(19)13-6-4-5-7-15(13)18/h4-11H,18H2,1-3H3. The summed E-state index contributed by atoms with van der Waals surface area (Å²) in [5, 5.41) is 0.428. The molecule has 2 aromatic rings. The maximum absolute atomic E-state index is 12.7. The van der Waals surface area contributed by atoms with Crippen LogP contribution in [0.25, 0.3) is 0 Å². The number of nitrogen functional groups attached to an aromatic ring is 1. The van der Waals surface area contributed by atoms with Crippen LogP contribution in [0.3, 0.4) is 0 Å². The minimum absolute atomic E-state index is 0.00468. The predicted molar refractivity (Wildman–Crippen MR) is 86.5 cm³/mol. The number of hydrogen-bond acceptors (Lipinski definition) is 3. The summed E-state index contributed by atoms with van der Waals surface area (Å²) in [5.41, 5.74) is 8.84. The van der Waals surface area contributed by atoms with E-state index in [1.807, 2.05) is 37.3 Å². The molecule has 0 saturated carbocycles. The second-order valence-electron chi connectivity index (χ2n) is 5.08. The first-order chi connectivity index (χ1) is 9.49. The fourth-order valence-corrected chi connectivity index (χ4v) is 2.96. The van der Waals surface area contributed by atoms with Gasteiger partial charge in [-0.3, -0.25) is 4.79 Å². The van der Waals surface area contributed by atoms with Gasteiger partial charge in [-0.15, -0.1) is 11.8 Å². The number of para-hydroxylation sites is 1. The topological polar surface area (TPSA) is 43.1 Å². The monoisotopic (exact) mass is 285 g/mol. The van der Waals surface area contributed by atoms with Crippen LogP contribution in [0.5, 0.6) is 0 Å². The van der Waals surface area contributed by atoms with Crippen LogP contribution in [0.2, 0.25) is 0 Å². The van der Waals surface area contributed by atoms with Gasteiger partial charge in [-0.25, -0.2) is 0 Å². The largest absolute Gasteiger partial charge is 0.398 e. The van der Waals surface area contributed by atoms with Crippen LogP contribution in [0.1, 0.15) is 35.3 Å². The molecule has 20 heavy (non-hydrogen) atoms. The maximum Gasteiger partial charge on any atom is 0.196 e. The van der Waals surface area contributed by atoms with Gasteiger partial charge in [-0.2, -0.15) is 0 Å². The molecular formula is C17H19NOS. The molecule has 0 heterocycles. The fraction of sp³-hybridized carbons (Fsp3) is 0.235. The lowest BCUT2D eigenvalue weighted by atomic mass is 10.0. The summed E-state index contributed by atoms with van der Waals surface area (Å²) < 4.78 is 0. The Morgan fingerprint density at radius 1 is 1.10 bits per heavy atom. The van der Waals surface area contributed by atoms with Crippen molar-refractivity contribution in [2.75, 3.05) is 5.73 Å². The Bertz CT molecular complexity index is 635. The molecule has 0 saturated heterocycles.